The lowest BCUT2D eigenvalue weighted by Gasteiger charge is -2.32. The zero-order valence-corrected chi connectivity index (χ0v) is 20.9. The standard InChI is InChI=1S/C25H34FN5O2S/c1-18-23(34-24(28-18)20-3-5-21(26)6-4-20)25(33)31-10-7-19(8-11-31)17-22(32)27-9-12-30-15-13-29(2)14-16-30/h3-6,19H,7-17H2,1-2H3,(H,27,32). The average Bonchev–Trinajstić information content (AvgIpc) is 3.22. The van der Waals surface area contributed by atoms with Crippen molar-refractivity contribution >= 4 is 23.2 Å². The summed E-state index contributed by atoms with van der Waals surface area (Å²) in [5.74, 6) is 0.129. The summed E-state index contributed by atoms with van der Waals surface area (Å²) < 4.78 is 13.2. The lowest BCUT2D eigenvalue weighted by molar-refractivity contribution is -0.122. The number of carbonyl (C=O) groups is 2. The van der Waals surface area contributed by atoms with Crippen LogP contribution in [-0.4, -0.2) is 90.9 Å². The fraction of sp³-hybridized carbons (Fsp3) is 0.560. The lowest BCUT2D eigenvalue weighted by Crippen LogP contribution is -2.47. The fourth-order valence-corrected chi connectivity index (χ4v) is 5.59. The number of halogens is 1. The van der Waals surface area contributed by atoms with Gasteiger partial charge in [0.15, 0.2) is 0 Å². The van der Waals surface area contributed by atoms with Gasteiger partial charge < -0.3 is 15.1 Å². The van der Waals surface area contributed by atoms with Gasteiger partial charge in [-0.25, -0.2) is 9.37 Å². The largest absolute Gasteiger partial charge is 0.355 e. The molecular weight excluding hydrogens is 453 g/mol. The van der Waals surface area contributed by atoms with E-state index >= 15 is 0 Å². The Bertz CT molecular complexity index is 980. The second-order valence-corrected chi connectivity index (χ2v) is 10.4. The molecule has 1 aromatic heterocycles. The minimum absolute atomic E-state index is 0.00144. The number of piperazine rings is 1. The highest BCUT2D eigenvalue weighted by molar-refractivity contribution is 7.17. The van der Waals surface area contributed by atoms with E-state index in [1.807, 2.05) is 11.8 Å². The van der Waals surface area contributed by atoms with Crippen LogP contribution in [0.25, 0.3) is 10.6 Å². The predicted molar refractivity (Wildman–Crippen MR) is 132 cm³/mol. The first-order valence-corrected chi connectivity index (χ1v) is 12.9. The van der Waals surface area contributed by atoms with Gasteiger partial charge in [-0.15, -0.1) is 11.3 Å². The first-order valence-electron chi connectivity index (χ1n) is 12.1. The Morgan fingerprint density at radius 1 is 1.09 bits per heavy atom. The number of likely N-dealkylation sites (tertiary alicyclic amines) is 1. The Kier molecular flexibility index (Phi) is 8.28. The highest BCUT2D eigenvalue weighted by Crippen LogP contribution is 2.30. The predicted octanol–water partition coefficient (Wildman–Crippen LogP) is 2.86. The number of aryl methyl sites for hydroxylation is 1. The molecule has 1 N–H and O–H groups in total. The minimum Gasteiger partial charge on any atom is -0.355 e. The minimum atomic E-state index is -0.292. The molecule has 0 radical (unpaired) electrons. The van der Waals surface area contributed by atoms with Crippen molar-refractivity contribution in [3.63, 3.8) is 0 Å². The molecule has 2 aliphatic heterocycles. The van der Waals surface area contributed by atoms with Crippen LogP contribution in [0.3, 0.4) is 0 Å². The molecule has 2 aliphatic rings. The zero-order chi connectivity index (χ0) is 24.1. The summed E-state index contributed by atoms with van der Waals surface area (Å²) >= 11 is 1.36. The summed E-state index contributed by atoms with van der Waals surface area (Å²) in [4.78, 5) is 37.3. The third kappa shape index (κ3) is 6.40. The molecule has 1 aromatic carbocycles. The number of likely N-dealkylation sites (N-methyl/N-ethyl adjacent to an activating group) is 1. The third-order valence-corrected chi connectivity index (χ3v) is 8.00. The van der Waals surface area contributed by atoms with E-state index in [9.17, 15) is 14.0 Å². The van der Waals surface area contributed by atoms with Gasteiger partial charge in [0.05, 0.1) is 5.69 Å². The van der Waals surface area contributed by atoms with E-state index in [0.29, 0.717) is 42.5 Å². The molecule has 0 aliphatic carbocycles. The molecule has 2 amide bonds. The van der Waals surface area contributed by atoms with E-state index < -0.39 is 0 Å². The van der Waals surface area contributed by atoms with Crippen molar-refractivity contribution in [1.82, 2.24) is 25.0 Å². The van der Waals surface area contributed by atoms with Gasteiger partial charge in [-0.05, 0) is 57.0 Å². The number of nitrogens with zero attached hydrogens (tertiary/aromatic N) is 4. The summed E-state index contributed by atoms with van der Waals surface area (Å²) in [7, 11) is 2.14. The molecule has 0 unspecified atom stereocenters. The van der Waals surface area contributed by atoms with Crippen molar-refractivity contribution < 1.29 is 14.0 Å². The van der Waals surface area contributed by atoms with Gasteiger partial charge in [-0.3, -0.25) is 14.5 Å². The van der Waals surface area contributed by atoms with Gasteiger partial charge in [0.25, 0.3) is 5.91 Å². The SMILES string of the molecule is Cc1nc(-c2ccc(F)cc2)sc1C(=O)N1CCC(CC(=O)NCCN2CCN(C)CC2)CC1. The molecule has 4 rings (SSSR count). The van der Waals surface area contributed by atoms with Gasteiger partial charge in [0.2, 0.25) is 5.91 Å². The molecule has 34 heavy (non-hydrogen) atoms. The molecule has 184 valence electrons. The van der Waals surface area contributed by atoms with Gasteiger partial charge >= 0.3 is 0 Å². The van der Waals surface area contributed by atoms with Gasteiger partial charge in [-0.2, -0.15) is 0 Å². The number of amides is 2. The molecule has 2 aromatic rings. The molecule has 0 spiro atoms. The van der Waals surface area contributed by atoms with E-state index in [2.05, 4.69) is 27.1 Å². The van der Waals surface area contributed by atoms with Crippen molar-refractivity contribution in [3.8, 4) is 10.6 Å². The number of nitrogens with one attached hydrogen (secondary N) is 1. The van der Waals surface area contributed by atoms with E-state index in [-0.39, 0.29) is 17.6 Å². The first-order chi connectivity index (χ1) is 16.4. The van der Waals surface area contributed by atoms with E-state index in [1.165, 1.54) is 23.5 Å². The molecule has 0 saturated carbocycles. The van der Waals surface area contributed by atoms with Crippen LogP contribution in [0.5, 0.6) is 0 Å². The number of rotatable bonds is 7. The van der Waals surface area contributed by atoms with Crippen molar-refractivity contribution in [2.24, 2.45) is 5.92 Å². The number of aromatic nitrogens is 1. The number of thiazole rings is 1. The molecule has 2 saturated heterocycles. The van der Waals surface area contributed by atoms with Crippen LogP contribution in [0.4, 0.5) is 4.39 Å². The number of carbonyl (C=O) groups excluding carboxylic acids is 2. The van der Waals surface area contributed by atoms with Crippen molar-refractivity contribution in [2.75, 3.05) is 59.4 Å². The van der Waals surface area contributed by atoms with Crippen LogP contribution >= 0.6 is 11.3 Å². The van der Waals surface area contributed by atoms with Crippen molar-refractivity contribution in [1.29, 1.82) is 0 Å². The topological polar surface area (TPSA) is 68.8 Å². The van der Waals surface area contributed by atoms with Crippen LogP contribution in [-0.2, 0) is 4.79 Å². The maximum atomic E-state index is 13.2. The van der Waals surface area contributed by atoms with Crippen LogP contribution in [0.15, 0.2) is 24.3 Å². The highest BCUT2D eigenvalue weighted by atomic mass is 32.1. The Labute approximate surface area is 204 Å². The second kappa shape index (κ2) is 11.4. The van der Waals surface area contributed by atoms with Crippen LogP contribution in [0.2, 0.25) is 0 Å². The summed E-state index contributed by atoms with van der Waals surface area (Å²) in [6.07, 6.45) is 2.19. The number of hydrogen-bond donors (Lipinski definition) is 1. The van der Waals surface area contributed by atoms with Crippen molar-refractivity contribution in [3.05, 3.63) is 40.7 Å². The summed E-state index contributed by atoms with van der Waals surface area (Å²) in [5, 5.41) is 3.80. The van der Waals surface area contributed by atoms with Gasteiger partial charge in [0.1, 0.15) is 15.7 Å². The monoisotopic (exact) mass is 487 g/mol. The zero-order valence-electron chi connectivity index (χ0n) is 20.1. The van der Waals surface area contributed by atoms with Gasteiger partial charge in [-0.1, -0.05) is 0 Å². The summed E-state index contributed by atoms with van der Waals surface area (Å²) in [6.45, 7) is 9.03. The molecule has 7 nitrogen and oxygen atoms in total. The van der Waals surface area contributed by atoms with E-state index in [0.717, 1.165) is 56.1 Å². The average molecular weight is 488 g/mol. The maximum absolute atomic E-state index is 13.2. The normalized spacial score (nSPS) is 18.3. The fourth-order valence-electron chi connectivity index (χ4n) is 4.55. The molecule has 2 fully saturated rings. The summed E-state index contributed by atoms with van der Waals surface area (Å²) in [6, 6.07) is 6.18. The Balaban J connectivity index is 1.21. The molecular formula is C25H34FN5O2S. The quantitative estimate of drug-likeness (QED) is 0.651. The number of benzene rings is 1. The maximum Gasteiger partial charge on any atom is 0.265 e. The third-order valence-electron chi connectivity index (χ3n) is 6.80. The van der Waals surface area contributed by atoms with Crippen molar-refractivity contribution in [2.45, 2.75) is 26.2 Å². The smallest absolute Gasteiger partial charge is 0.265 e. The Morgan fingerprint density at radius 2 is 1.76 bits per heavy atom. The molecule has 0 atom stereocenters. The van der Waals surface area contributed by atoms with Gasteiger partial charge in [0, 0.05) is 64.3 Å². The van der Waals surface area contributed by atoms with E-state index in [4.69, 9.17) is 0 Å². The van der Waals surface area contributed by atoms with Crippen LogP contribution < -0.4 is 5.32 Å². The molecule has 0 bridgehead atoms. The molecule has 9 heteroatoms. The number of piperidine rings is 1. The Hall–Kier alpha value is -2.36. The van der Waals surface area contributed by atoms with Crippen LogP contribution in [0.1, 0.15) is 34.6 Å². The first kappa shape index (κ1) is 24.8. The van der Waals surface area contributed by atoms with E-state index in [1.54, 1.807) is 12.1 Å². The Morgan fingerprint density at radius 3 is 2.44 bits per heavy atom. The van der Waals surface area contributed by atoms with Crippen LogP contribution in [0, 0.1) is 18.7 Å². The summed E-state index contributed by atoms with van der Waals surface area (Å²) in [5.41, 5.74) is 1.52. The molecule has 3 heterocycles. The number of hydrogen-bond acceptors (Lipinski definition) is 6. The highest BCUT2D eigenvalue weighted by Gasteiger charge is 2.27. The second-order valence-electron chi connectivity index (χ2n) is 9.38. The lowest BCUT2D eigenvalue weighted by atomic mass is 9.93.